The summed E-state index contributed by atoms with van der Waals surface area (Å²) in [4.78, 5) is 0. The average molecular weight is 218 g/mol. The third-order valence-electron chi connectivity index (χ3n) is 3.44. The number of benzene rings is 1. The first-order chi connectivity index (χ1) is 7.85. The third kappa shape index (κ3) is 3.32. The molecule has 1 aliphatic rings. The van der Waals surface area contributed by atoms with Gasteiger partial charge in [-0.3, -0.25) is 0 Å². The van der Waals surface area contributed by atoms with Crippen LogP contribution in [-0.4, -0.2) is 26.7 Å². The third-order valence-corrected chi connectivity index (χ3v) is 3.44. The Balaban J connectivity index is 1.62. The smallest absolute Gasteiger partial charge is 0.00201 e. The fraction of sp³-hybridized carbons (Fsp3) is 0.571. The topological polar surface area (TPSA) is 24.1 Å². The van der Waals surface area contributed by atoms with E-state index in [1.165, 1.54) is 24.9 Å². The van der Waals surface area contributed by atoms with E-state index in [4.69, 9.17) is 0 Å². The van der Waals surface area contributed by atoms with E-state index in [9.17, 15) is 0 Å². The van der Waals surface area contributed by atoms with Crippen molar-refractivity contribution in [1.82, 2.24) is 10.6 Å². The Morgan fingerprint density at radius 1 is 1.12 bits per heavy atom. The number of hydrogen-bond acceptors (Lipinski definition) is 2. The quantitative estimate of drug-likeness (QED) is 0.682. The summed E-state index contributed by atoms with van der Waals surface area (Å²) in [5.74, 6) is 0. The fourth-order valence-electron chi connectivity index (χ4n) is 2.20. The minimum absolute atomic E-state index is 0.575. The van der Waals surface area contributed by atoms with Crippen LogP contribution in [0.4, 0.5) is 0 Å². The van der Waals surface area contributed by atoms with Crippen LogP contribution in [0.3, 0.4) is 0 Å². The molecule has 1 saturated carbocycles. The van der Waals surface area contributed by atoms with Crippen molar-refractivity contribution in [3.8, 4) is 0 Å². The van der Waals surface area contributed by atoms with Crippen LogP contribution in [0.2, 0.25) is 0 Å². The van der Waals surface area contributed by atoms with E-state index < -0.39 is 0 Å². The van der Waals surface area contributed by atoms with Gasteiger partial charge in [-0.05, 0) is 43.8 Å². The summed E-state index contributed by atoms with van der Waals surface area (Å²) in [6.45, 7) is 3.42. The van der Waals surface area contributed by atoms with Gasteiger partial charge in [-0.25, -0.2) is 0 Å². The first kappa shape index (κ1) is 11.6. The number of hydrogen-bond donors (Lipinski definition) is 2. The molecule has 1 aromatic carbocycles. The molecule has 0 bridgehead atoms. The van der Waals surface area contributed by atoms with E-state index >= 15 is 0 Å². The minimum Gasteiger partial charge on any atom is -0.319 e. The fourth-order valence-corrected chi connectivity index (χ4v) is 2.20. The Kier molecular flexibility index (Phi) is 3.97. The van der Waals surface area contributed by atoms with E-state index in [-0.39, 0.29) is 0 Å². The Morgan fingerprint density at radius 2 is 1.88 bits per heavy atom. The van der Waals surface area contributed by atoms with Gasteiger partial charge in [0, 0.05) is 13.1 Å². The summed E-state index contributed by atoms with van der Waals surface area (Å²) in [6.07, 6.45) is 3.90. The molecule has 0 aromatic heterocycles. The first-order valence-corrected chi connectivity index (χ1v) is 6.24. The van der Waals surface area contributed by atoms with E-state index in [0.29, 0.717) is 5.41 Å². The molecule has 16 heavy (non-hydrogen) atoms. The van der Waals surface area contributed by atoms with Gasteiger partial charge in [-0.1, -0.05) is 30.3 Å². The lowest BCUT2D eigenvalue weighted by Gasteiger charge is -2.15. The highest BCUT2D eigenvalue weighted by Gasteiger charge is 2.41. The predicted molar refractivity (Wildman–Crippen MR) is 68.6 cm³/mol. The minimum atomic E-state index is 0.575. The molecule has 1 aliphatic carbocycles. The molecule has 0 radical (unpaired) electrons. The Morgan fingerprint density at radius 3 is 2.50 bits per heavy atom. The molecule has 0 amide bonds. The molecular formula is C14H22N2. The summed E-state index contributed by atoms with van der Waals surface area (Å²) in [7, 11) is 2.05. The molecule has 2 N–H and O–H groups in total. The molecular weight excluding hydrogens is 196 g/mol. The lowest BCUT2D eigenvalue weighted by molar-refractivity contribution is 0.441. The molecule has 0 atom stereocenters. The van der Waals surface area contributed by atoms with Gasteiger partial charge in [0.05, 0.1) is 0 Å². The van der Waals surface area contributed by atoms with Crippen LogP contribution < -0.4 is 10.6 Å². The molecule has 0 aliphatic heterocycles. The standard InChI is InChI=1S/C14H22N2/c1-15-11-14(8-9-14)12-16-10-7-13-5-3-2-4-6-13/h2-6,15-16H,7-12H2,1H3. The van der Waals surface area contributed by atoms with Crippen LogP contribution in [0.5, 0.6) is 0 Å². The van der Waals surface area contributed by atoms with Crippen LogP contribution in [0.1, 0.15) is 18.4 Å². The van der Waals surface area contributed by atoms with Crippen molar-refractivity contribution < 1.29 is 0 Å². The Labute approximate surface area is 98.4 Å². The molecule has 1 fully saturated rings. The monoisotopic (exact) mass is 218 g/mol. The molecule has 2 nitrogen and oxygen atoms in total. The molecule has 88 valence electrons. The zero-order valence-electron chi connectivity index (χ0n) is 10.1. The van der Waals surface area contributed by atoms with Gasteiger partial charge in [0.25, 0.3) is 0 Å². The van der Waals surface area contributed by atoms with Gasteiger partial charge in [-0.2, -0.15) is 0 Å². The summed E-state index contributed by atoms with van der Waals surface area (Å²) < 4.78 is 0. The van der Waals surface area contributed by atoms with Crippen LogP contribution in [0, 0.1) is 5.41 Å². The van der Waals surface area contributed by atoms with Crippen molar-refractivity contribution in [1.29, 1.82) is 0 Å². The average Bonchev–Trinajstić information content (AvgIpc) is 3.07. The van der Waals surface area contributed by atoms with Crippen LogP contribution in [0.25, 0.3) is 0 Å². The summed E-state index contributed by atoms with van der Waals surface area (Å²) in [5.41, 5.74) is 2.00. The lowest BCUT2D eigenvalue weighted by atomic mass is 10.1. The summed E-state index contributed by atoms with van der Waals surface area (Å²) >= 11 is 0. The van der Waals surface area contributed by atoms with E-state index in [0.717, 1.165) is 19.5 Å². The summed E-state index contributed by atoms with van der Waals surface area (Å²) in [6, 6.07) is 10.7. The predicted octanol–water partition coefficient (Wildman–Crippen LogP) is 1.82. The second-order valence-corrected chi connectivity index (χ2v) is 4.94. The SMILES string of the molecule is CNCC1(CNCCc2ccccc2)CC1. The van der Waals surface area contributed by atoms with E-state index in [1.807, 2.05) is 7.05 Å². The normalized spacial score (nSPS) is 17.3. The van der Waals surface area contributed by atoms with Gasteiger partial charge >= 0.3 is 0 Å². The summed E-state index contributed by atoms with van der Waals surface area (Å²) in [5, 5.41) is 6.87. The molecule has 0 spiro atoms. The Hall–Kier alpha value is -0.860. The second-order valence-electron chi connectivity index (χ2n) is 4.94. The van der Waals surface area contributed by atoms with Crippen molar-refractivity contribution >= 4 is 0 Å². The first-order valence-electron chi connectivity index (χ1n) is 6.24. The van der Waals surface area contributed by atoms with E-state index in [2.05, 4.69) is 41.0 Å². The van der Waals surface area contributed by atoms with Gasteiger partial charge in [0.2, 0.25) is 0 Å². The molecule has 0 saturated heterocycles. The maximum atomic E-state index is 3.58. The van der Waals surface area contributed by atoms with Crippen molar-refractivity contribution in [2.24, 2.45) is 5.41 Å². The highest BCUT2D eigenvalue weighted by atomic mass is 14.9. The molecule has 1 aromatic rings. The van der Waals surface area contributed by atoms with Crippen LogP contribution in [0.15, 0.2) is 30.3 Å². The largest absolute Gasteiger partial charge is 0.319 e. The van der Waals surface area contributed by atoms with Crippen molar-refractivity contribution in [2.75, 3.05) is 26.7 Å². The molecule has 0 heterocycles. The lowest BCUT2D eigenvalue weighted by Crippen LogP contribution is -2.32. The van der Waals surface area contributed by atoms with Gasteiger partial charge in [0.1, 0.15) is 0 Å². The zero-order chi connectivity index (χ0) is 11.3. The van der Waals surface area contributed by atoms with Crippen molar-refractivity contribution in [2.45, 2.75) is 19.3 Å². The zero-order valence-corrected chi connectivity index (χ0v) is 10.1. The van der Waals surface area contributed by atoms with E-state index in [1.54, 1.807) is 0 Å². The number of nitrogens with one attached hydrogen (secondary N) is 2. The maximum absolute atomic E-state index is 3.58. The Bertz CT molecular complexity index is 304. The molecule has 2 heteroatoms. The van der Waals surface area contributed by atoms with Gasteiger partial charge in [-0.15, -0.1) is 0 Å². The molecule has 2 rings (SSSR count). The highest BCUT2D eigenvalue weighted by Crippen LogP contribution is 2.44. The van der Waals surface area contributed by atoms with Crippen molar-refractivity contribution in [3.63, 3.8) is 0 Å². The van der Waals surface area contributed by atoms with Gasteiger partial charge in [0.15, 0.2) is 0 Å². The second kappa shape index (κ2) is 5.46. The van der Waals surface area contributed by atoms with Gasteiger partial charge < -0.3 is 10.6 Å². The van der Waals surface area contributed by atoms with Crippen LogP contribution >= 0.6 is 0 Å². The van der Waals surface area contributed by atoms with Crippen LogP contribution in [-0.2, 0) is 6.42 Å². The van der Waals surface area contributed by atoms with Crippen molar-refractivity contribution in [3.05, 3.63) is 35.9 Å². The molecule has 0 unspecified atom stereocenters. The highest BCUT2D eigenvalue weighted by molar-refractivity contribution is 5.14. The number of rotatable bonds is 7. The maximum Gasteiger partial charge on any atom is 0.00201 e.